The monoisotopic (exact) mass is 400 g/mol. The first-order valence-electron chi connectivity index (χ1n) is 8.54. The molecular formula is C22H30N3O4+. The molecule has 7 heteroatoms. The summed E-state index contributed by atoms with van der Waals surface area (Å²) in [4.78, 5) is 22.6. The van der Waals surface area contributed by atoms with Gasteiger partial charge in [0.25, 0.3) is 5.69 Å². The van der Waals surface area contributed by atoms with Crippen molar-refractivity contribution in [1.82, 2.24) is 9.05 Å². The second-order valence-corrected chi connectivity index (χ2v) is 7.29. The first kappa shape index (κ1) is 23.8. The molecule has 0 saturated carbocycles. The number of aromatic nitrogens is 1. The molecule has 0 bridgehead atoms. The Morgan fingerprint density at radius 2 is 1.72 bits per heavy atom. The summed E-state index contributed by atoms with van der Waals surface area (Å²) in [6.45, 7) is 0.0666. The van der Waals surface area contributed by atoms with Gasteiger partial charge in [-0.15, -0.1) is 0 Å². The van der Waals surface area contributed by atoms with Crippen molar-refractivity contribution in [3.05, 3.63) is 70.4 Å². The Morgan fingerprint density at radius 3 is 2.31 bits per heavy atom. The fourth-order valence-electron chi connectivity index (χ4n) is 2.83. The zero-order chi connectivity index (χ0) is 19.6. The molecule has 0 aliphatic carbocycles. The van der Waals surface area contributed by atoms with Gasteiger partial charge in [0.2, 0.25) is 0 Å². The Hall–Kier alpha value is -3.19. The van der Waals surface area contributed by atoms with Crippen LogP contribution in [0.1, 0.15) is 20.4 Å². The van der Waals surface area contributed by atoms with Gasteiger partial charge in [-0.25, -0.2) is 0 Å². The van der Waals surface area contributed by atoms with Crippen LogP contribution in [0.15, 0.2) is 54.7 Å². The number of quaternary nitrogens is 1. The highest BCUT2D eigenvalue weighted by Crippen LogP contribution is 2.22. The highest BCUT2D eigenvalue weighted by Gasteiger charge is 2.13. The molecule has 0 aliphatic heterocycles. The summed E-state index contributed by atoms with van der Waals surface area (Å²) in [6.07, 6.45) is 1.94. The van der Waals surface area contributed by atoms with Crippen molar-refractivity contribution in [2.75, 3.05) is 21.1 Å². The summed E-state index contributed by atoms with van der Waals surface area (Å²) >= 11 is 0. The number of nitro groups is 1. The van der Waals surface area contributed by atoms with E-state index in [9.17, 15) is 14.9 Å². The molecule has 1 aromatic heterocycles. The first-order chi connectivity index (χ1) is 12.7. The quantitative estimate of drug-likeness (QED) is 0.259. The highest BCUT2D eigenvalue weighted by atomic mass is 16.6. The van der Waals surface area contributed by atoms with E-state index in [4.69, 9.17) is 4.74 Å². The van der Waals surface area contributed by atoms with Crippen molar-refractivity contribution in [3.8, 4) is 0 Å². The van der Waals surface area contributed by atoms with E-state index in [1.54, 1.807) is 22.9 Å². The normalized spacial score (nSPS) is 10.7. The zero-order valence-electron chi connectivity index (χ0n) is 15.6. The predicted molar refractivity (Wildman–Crippen MR) is 118 cm³/mol. The molecule has 0 N–H and O–H groups in total. The van der Waals surface area contributed by atoms with E-state index in [-0.39, 0.29) is 39.7 Å². The summed E-state index contributed by atoms with van der Waals surface area (Å²) in [6, 6.07) is 14.3. The van der Waals surface area contributed by atoms with Crippen molar-refractivity contribution in [2.45, 2.75) is 28.0 Å². The molecule has 0 aliphatic rings. The lowest BCUT2D eigenvalue weighted by molar-refractivity contribution is -0.384. The highest BCUT2D eigenvalue weighted by molar-refractivity contribution is 5.82. The largest absolute Gasteiger partial charge is 0.444 e. The average Bonchev–Trinajstić information content (AvgIpc) is 3.02. The molecule has 156 valence electrons. The molecule has 0 fully saturated rings. The molecule has 0 atom stereocenters. The standard InChI is InChI=1S/C20H22N3O4.2CH4/c1-23(2,3)18-7-4-15(5-8-18)12-20(24)27-14-21-11-10-16-13-17(22(25)26)6-9-19(16)21;;/h4-11,13H,12,14H2,1-3H3;2*1H4/q+1;;. The molecule has 2 aromatic carbocycles. The molecule has 0 radical (unpaired) electrons. The van der Waals surface area contributed by atoms with Crippen molar-refractivity contribution >= 4 is 28.2 Å². The smallest absolute Gasteiger partial charge is 0.311 e. The predicted octanol–water partition coefficient (Wildman–Crippen LogP) is 4.76. The van der Waals surface area contributed by atoms with E-state index in [1.807, 2.05) is 24.3 Å². The maximum absolute atomic E-state index is 12.1. The van der Waals surface area contributed by atoms with Gasteiger partial charge in [-0.1, -0.05) is 27.0 Å². The van der Waals surface area contributed by atoms with Gasteiger partial charge in [0.05, 0.1) is 38.0 Å². The van der Waals surface area contributed by atoms with Gasteiger partial charge in [-0.3, -0.25) is 19.4 Å². The van der Waals surface area contributed by atoms with Crippen molar-refractivity contribution in [3.63, 3.8) is 0 Å². The Labute approximate surface area is 171 Å². The number of hydrogen-bond acceptors (Lipinski definition) is 4. The van der Waals surface area contributed by atoms with E-state index >= 15 is 0 Å². The van der Waals surface area contributed by atoms with Crippen molar-refractivity contribution < 1.29 is 14.5 Å². The number of nitro benzene ring substituents is 1. The van der Waals surface area contributed by atoms with Gasteiger partial charge in [0, 0.05) is 23.7 Å². The van der Waals surface area contributed by atoms with Crippen LogP contribution in [0.5, 0.6) is 0 Å². The molecule has 3 aromatic rings. The minimum absolute atomic E-state index is 0. The average molecular weight is 400 g/mol. The maximum atomic E-state index is 12.1. The number of esters is 1. The third-order valence-corrected chi connectivity index (χ3v) is 4.39. The SMILES string of the molecule is C.C.C[N+](C)(C)c1ccc(CC(=O)OCn2ccc3cc([N+](=O)[O-])ccc32)cc1. The molecular weight excluding hydrogens is 370 g/mol. The number of fused-ring (bicyclic) bond motifs is 1. The van der Waals surface area contributed by atoms with Gasteiger partial charge in [0.15, 0.2) is 6.73 Å². The molecule has 0 unspecified atom stereocenters. The van der Waals surface area contributed by atoms with Crippen LogP contribution < -0.4 is 4.48 Å². The molecule has 7 nitrogen and oxygen atoms in total. The summed E-state index contributed by atoms with van der Waals surface area (Å²) in [7, 11) is 6.25. The van der Waals surface area contributed by atoms with Crippen LogP contribution in [0.25, 0.3) is 10.9 Å². The van der Waals surface area contributed by atoms with Crippen LogP contribution in [0.2, 0.25) is 0 Å². The fourth-order valence-corrected chi connectivity index (χ4v) is 2.83. The molecule has 1 heterocycles. The summed E-state index contributed by atoms with van der Waals surface area (Å²) in [5.74, 6) is -0.322. The minimum atomic E-state index is -0.430. The number of benzene rings is 2. The van der Waals surface area contributed by atoms with Gasteiger partial charge in [0.1, 0.15) is 5.69 Å². The third-order valence-electron chi connectivity index (χ3n) is 4.39. The lowest BCUT2D eigenvalue weighted by Gasteiger charge is -2.23. The Bertz CT molecular complexity index is 985. The number of nitrogens with zero attached hydrogens (tertiary/aromatic N) is 3. The lowest BCUT2D eigenvalue weighted by atomic mass is 10.1. The summed E-state index contributed by atoms with van der Waals surface area (Å²) in [5.41, 5.74) is 2.86. The van der Waals surface area contributed by atoms with E-state index in [2.05, 4.69) is 21.1 Å². The number of hydrogen-bond donors (Lipinski definition) is 0. The molecule has 0 spiro atoms. The second-order valence-electron chi connectivity index (χ2n) is 7.29. The number of non-ortho nitro benzene ring substituents is 1. The van der Waals surface area contributed by atoms with Crippen LogP contribution in [0.4, 0.5) is 11.4 Å². The fraction of sp³-hybridized carbons (Fsp3) is 0.318. The number of ether oxygens (including phenoxy) is 1. The first-order valence-corrected chi connectivity index (χ1v) is 8.54. The van der Waals surface area contributed by atoms with Crippen LogP contribution >= 0.6 is 0 Å². The van der Waals surface area contributed by atoms with E-state index in [0.29, 0.717) is 4.48 Å². The Balaban J connectivity index is 0.00000210. The zero-order valence-corrected chi connectivity index (χ0v) is 15.6. The maximum Gasteiger partial charge on any atom is 0.311 e. The van der Waals surface area contributed by atoms with Crippen LogP contribution in [0, 0.1) is 10.1 Å². The number of carbonyl (C=O) groups excluding carboxylic acids is 1. The summed E-state index contributed by atoms with van der Waals surface area (Å²) < 4.78 is 7.82. The van der Waals surface area contributed by atoms with E-state index < -0.39 is 4.92 Å². The second kappa shape index (κ2) is 9.34. The minimum Gasteiger partial charge on any atom is -0.444 e. The summed E-state index contributed by atoms with van der Waals surface area (Å²) in [5, 5.41) is 11.6. The number of rotatable bonds is 6. The van der Waals surface area contributed by atoms with Gasteiger partial charge >= 0.3 is 5.97 Å². The van der Waals surface area contributed by atoms with Gasteiger partial charge in [-0.2, -0.15) is 0 Å². The number of carbonyl (C=O) groups is 1. The van der Waals surface area contributed by atoms with Crippen LogP contribution in [-0.2, 0) is 22.7 Å². The van der Waals surface area contributed by atoms with Crippen LogP contribution in [0.3, 0.4) is 0 Å². The van der Waals surface area contributed by atoms with Gasteiger partial charge in [-0.05, 0) is 29.8 Å². The Morgan fingerprint density at radius 1 is 1.07 bits per heavy atom. The Kier molecular flexibility index (Phi) is 7.68. The van der Waals surface area contributed by atoms with E-state index in [0.717, 1.165) is 22.2 Å². The molecule has 3 rings (SSSR count). The topological polar surface area (TPSA) is 74.4 Å². The van der Waals surface area contributed by atoms with E-state index in [1.165, 1.54) is 12.1 Å². The third kappa shape index (κ3) is 5.65. The molecule has 0 saturated heterocycles. The molecule has 29 heavy (non-hydrogen) atoms. The van der Waals surface area contributed by atoms with Crippen molar-refractivity contribution in [2.24, 2.45) is 0 Å². The molecule has 0 amide bonds. The van der Waals surface area contributed by atoms with Crippen LogP contribution in [-0.4, -0.2) is 36.6 Å². The van der Waals surface area contributed by atoms with Crippen molar-refractivity contribution in [1.29, 1.82) is 0 Å². The van der Waals surface area contributed by atoms with Gasteiger partial charge < -0.3 is 9.30 Å². The lowest BCUT2D eigenvalue weighted by Crippen LogP contribution is -2.34.